The Morgan fingerprint density at radius 3 is 2.50 bits per heavy atom. The van der Waals surface area contributed by atoms with E-state index in [1.165, 1.54) is 6.42 Å². The number of hydrogen-bond acceptors (Lipinski definition) is 3. The fraction of sp³-hybridized carbons (Fsp3) is 0.818. The summed E-state index contributed by atoms with van der Waals surface area (Å²) in [6.07, 6.45) is 2.24. The average Bonchev–Trinajstić information content (AvgIpc) is 2.72. The maximum absolute atomic E-state index is 11.6. The summed E-state index contributed by atoms with van der Waals surface area (Å²) < 4.78 is 0. The quantitative estimate of drug-likeness (QED) is 0.616. The first-order chi connectivity index (χ1) is 7.61. The van der Waals surface area contributed by atoms with E-state index in [9.17, 15) is 9.59 Å². The van der Waals surface area contributed by atoms with Crippen molar-refractivity contribution in [1.29, 1.82) is 0 Å². The van der Waals surface area contributed by atoms with Crippen LogP contribution >= 0.6 is 0 Å². The number of aliphatic carboxylic acids is 1. The van der Waals surface area contributed by atoms with E-state index < -0.39 is 12.1 Å². The molecule has 1 amide bonds. The molecule has 3 atom stereocenters. The fourth-order valence-electron chi connectivity index (χ4n) is 2.78. The van der Waals surface area contributed by atoms with Gasteiger partial charge in [0.05, 0.1) is 0 Å². The summed E-state index contributed by atoms with van der Waals surface area (Å²) in [4.78, 5) is 21.9. The Kier molecular flexibility index (Phi) is 3.14. The molecule has 0 aliphatic heterocycles. The highest BCUT2D eigenvalue weighted by atomic mass is 16.4. The normalized spacial score (nSPS) is 32.9. The summed E-state index contributed by atoms with van der Waals surface area (Å²) in [6, 6.07) is 0. The number of hydrogen-bond donors (Lipinski definition) is 3. The number of carbonyl (C=O) groups excluding carboxylic acids is 1. The van der Waals surface area contributed by atoms with Gasteiger partial charge in [0.2, 0.25) is 5.91 Å². The molecule has 2 rings (SSSR count). The summed E-state index contributed by atoms with van der Waals surface area (Å²) >= 11 is 0. The number of nitrogens with one attached hydrogen (secondary N) is 1. The fourth-order valence-corrected chi connectivity index (χ4v) is 2.78. The van der Waals surface area contributed by atoms with Crippen molar-refractivity contribution in [2.75, 3.05) is 6.54 Å². The first-order valence-electron chi connectivity index (χ1n) is 5.80. The van der Waals surface area contributed by atoms with Crippen molar-refractivity contribution in [1.82, 2.24) is 5.32 Å². The smallest absolute Gasteiger partial charge is 0.332 e. The molecule has 90 valence electrons. The number of rotatable bonds is 5. The van der Waals surface area contributed by atoms with Gasteiger partial charge in [-0.1, -0.05) is 6.42 Å². The average molecular weight is 227 g/mol. The van der Waals surface area contributed by atoms with Gasteiger partial charge in [0, 0.05) is 18.9 Å². The van der Waals surface area contributed by atoms with Crippen molar-refractivity contribution in [3.05, 3.63) is 0 Å². The minimum atomic E-state index is -1.38. The van der Waals surface area contributed by atoms with E-state index in [2.05, 4.69) is 5.32 Å². The third-order valence-corrected chi connectivity index (χ3v) is 3.71. The van der Waals surface area contributed by atoms with Crippen molar-refractivity contribution in [2.24, 2.45) is 17.8 Å². The third kappa shape index (κ3) is 2.19. The second-order valence-electron chi connectivity index (χ2n) is 4.72. The summed E-state index contributed by atoms with van der Waals surface area (Å²) in [5.41, 5.74) is 0. The lowest BCUT2D eigenvalue weighted by Crippen LogP contribution is -2.31. The molecule has 2 aliphatic rings. The van der Waals surface area contributed by atoms with Crippen LogP contribution in [0.25, 0.3) is 0 Å². The van der Waals surface area contributed by atoms with Crippen LogP contribution in [0.4, 0.5) is 0 Å². The van der Waals surface area contributed by atoms with Gasteiger partial charge in [0.25, 0.3) is 0 Å². The Balaban J connectivity index is 1.64. The zero-order valence-electron chi connectivity index (χ0n) is 9.06. The van der Waals surface area contributed by atoms with Gasteiger partial charge < -0.3 is 15.5 Å². The zero-order valence-corrected chi connectivity index (χ0v) is 9.06. The van der Waals surface area contributed by atoms with E-state index in [-0.39, 0.29) is 24.8 Å². The van der Waals surface area contributed by atoms with Crippen molar-refractivity contribution < 1.29 is 19.8 Å². The summed E-state index contributed by atoms with van der Waals surface area (Å²) in [6.45, 7) is 0.238. The van der Waals surface area contributed by atoms with Crippen LogP contribution in [0.3, 0.4) is 0 Å². The van der Waals surface area contributed by atoms with Gasteiger partial charge in [-0.25, -0.2) is 4.79 Å². The number of aliphatic hydroxyl groups is 1. The van der Waals surface area contributed by atoms with Crippen LogP contribution in [0.5, 0.6) is 0 Å². The molecule has 2 saturated carbocycles. The van der Waals surface area contributed by atoms with E-state index in [4.69, 9.17) is 10.2 Å². The highest BCUT2D eigenvalue weighted by Gasteiger charge is 2.56. The van der Waals surface area contributed by atoms with Crippen LogP contribution in [0.1, 0.15) is 25.7 Å². The first kappa shape index (κ1) is 11.4. The molecular weight excluding hydrogens is 210 g/mol. The van der Waals surface area contributed by atoms with Gasteiger partial charge in [-0.2, -0.15) is 0 Å². The van der Waals surface area contributed by atoms with Crippen LogP contribution in [-0.2, 0) is 9.59 Å². The van der Waals surface area contributed by atoms with Gasteiger partial charge in [-0.15, -0.1) is 0 Å². The van der Waals surface area contributed by atoms with Gasteiger partial charge >= 0.3 is 5.97 Å². The van der Waals surface area contributed by atoms with Crippen molar-refractivity contribution in [3.8, 4) is 0 Å². The number of carboxylic acid groups (broad SMARTS) is 1. The molecule has 0 aromatic carbocycles. The molecule has 16 heavy (non-hydrogen) atoms. The van der Waals surface area contributed by atoms with Crippen LogP contribution in [0.2, 0.25) is 0 Å². The second kappa shape index (κ2) is 4.41. The molecule has 5 heteroatoms. The van der Waals surface area contributed by atoms with Gasteiger partial charge in [0.1, 0.15) is 0 Å². The van der Waals surface area contributed by atoms with Crippen LogP contribution < -0.4 is 5.32 Å². The maximum Gasteiger partial charge on any atom is 0.332 e. The van der Waals surface area contributed by atoms with Gasteiger partial charge in [0.15, 0.2) is 6.10 Å². The molecule has 0 radical (unpaired) electrons. The third-order valence-electron chi connectivity index (χ3n) is 3.71. The zero-order chi connectivity index (χ0) is 11.7. The lowest BCUT2D eigenvalue weighted by molar-refractivity contribution is -0.147. The standard InChI is InChI=1S/C11H17NO4/c13-8(11(15)16)4-5-12-10(14)9-6-2-1-3-7(6)9/h6-9,13H,1-5H2,(H,12,14)(H,15,16)/t6?,7?,8-,9?/m0/s1. The maximum atomic E-state index is 11.6. The highest BCUT2D eigenvalue weighted by molar-refractivity contribution is 5.82. The molecule has 0 saturated heterocycles. The Morgan fingerprint density at radius 2 is 1.94 bits per heavy atom. The molecule has 0 aromatic heterocycles. The topological polar surface area (TPSA) is 86.6 Å². The molecule has 0 heterocycles. The first-order valence-corrected chi connectivity index (χ1v) is 5.80. The monoisotopic (exact) mass is 227 g/mol. The molecule has 2 unspecified atom stereocenters. The molecule has 0 aromatic rings. The second-order valence-corrected chi connectivity index (χ2v) is 4.72. The Labute approximate surface area is 93.8 Å². The molecule has 3 N–H and O–H groups in total. The molecule has 0 bridgehead atoms. The number of fused-ring (bicyclic) bond motifs is 1. The summed E-state index contributed by atoms with van der Waals surface area (Å²) in [5.74, 6) is 0.106. The van der Waals surface area contributed by atoms with E-state index in [1.807, 2.05) is 0 Å². The lowest BCUT2D eigenvalue weighted by atomic mass is 10.1. The minimum absolute atomic E-state index is 0.0345. The van der Waals surface area contributed by atoms with Crippen molar-refractivity contribution >= 4 is 11.9 Å². The number of amides is 1. The van der Waals surface area contributed by atoms with E-state index in [1.54, 1.807) is 0 Å². The van der Waals surface area contributed by atoms with Gasteiger partial charge in [-0.05, 0) is 24.7 Å². The number of carbonyl (C=O) groups is 2. The molecular formula is C11H17NO4. The van der Waals surface area contributed by atoms with Crippen molar-refractivity contribution in [3.63, 3.8) is 0 Å². The Morgan fingerprint density at radius 1 is 1.31 bits per heavy atom. The van der Waals surface area contributed by atoms with E-state index in [0.717, 1.165) is 12.8 Å². The lowest BCUT2D eigenvalue weighted by Gasteiger charge is -2.08. The Hall–Kier alpha value is -1.10. The van der Waals surface area contributed by atoms with Crippen molar-refractivity contribution in [2.45, 2.75) is 31.8 Å². The number of carboxylic acids is 1. The molecule has 5 nitrogen and oxygen atoms in total. The molecule has 2 fully saturated rings. The number of aliphatic hydroxyl groups excluding tert-OH is 1. The van der Waals surface area contributed by atoms with Crippen LogP contribution in [0.15, 0.2) is 0 Å². The summed E-state index contributed by atoms with van der Waals surface area (Å²) in [5, 5.41) is 20.1. The summed E-state index contributed by atoms with van der Waals surface area (Å²) in [7, 11) is 0. The van der Waals surface area contributed by atoms with Gasteiger partial charge in [-0.3, -0.25) is 4.79 Å². The van der Waals surface area contributed by atoms with Crippen LogP contribution in [-0.4, -0.2) is 34.7 Å². The van der Waals surface area contributed by atoms with E-state index >= 15 is 0 Å². The minimum Gasteiger partial charge on any atom is -0.479 e. The van der Waals surface area contributed by atoms with E-state index in [0.29, 0.717) is 11.8 Å². The largest absolute Gasteiger partial charge is 0.479 e. The molecule has 2 aliphatic carbocycles. The predicted octanol–water partition coefficient (Wildman–Crippen LogP) is -0.0157. The molecule has 0 spiro atoms. The highest BCUT2D eigenvalue weighted by Crippen LogP contribution is 2.57. The van der Waals surface area contributed by atoms with Crippen LogP contribution in [0, 0.1) is 17.8 Å². The predicted molar refractivity (Wildman–Crippen MR) is 55.6 cm³/mol. The SMILES string of the molecule is O=C(NCC[C@H](O)C(=O)O)C1C2CCCC21. The Bertz CT molecular complexity index is 294.